The van der Waals surface area contributed by atoms with Crippen molar-refractivity contribution in [1.29, 1.82) is 0 Å². The molecule has 1 amide bonds. The Morgan fingerprint density at radius 2 is 1.86 bits per heavy atom. The highest BCUT2D eigenvalue weighted by Gasteiger charge is 2.22. The summed E-state index contributed by atoms with van der Waals surface area (Å²) in [6.07, 6.45) is 6.39. The van der Waals surface area contributed by atoms with Gasteiger partial charge in [-0.05, 0) is 86.1 Å². The van der Waals surface area contributed by atoms with Crippen LogP contribution >= 0.6 is 11.6 Å². The summed E-state index contributed by atoms with van der Waals surface area (Å²) in [4.78, 5) is 29.0. The average molecular weight is 511 g/mol. The van der Waals surface area contributed by atoms with Crippen molar-refractivity contribution in [2.75, 3.05) is 6.61 Å². The molecule has 0 aliphatic heterocycles. The molecule has 36 heavy (non-hydrogen) atoms. The Labute approximate surface area is 214 Å². The molecule has 0 fully saturated rings. The van der Waals surface area contributed by atoms with Crippen LogP contribution in [0.1, 0.15) is 52.1 Å². The molecule has 8 heteroatoms. The van der Waals surface area contributed by atoms with Gasteiger partial charge >= 0.3 is 5.97 Å². The first-order valence-electron chi connectivity index (χ1n) is 12.1. The van der Waals surface area contributed by atoms with Crippen molar-refractivity contribution < 1.29 is 23.8 Å². The Morgan fingerprint density at radius 1 is 1.08 bits per heavy atom. The van der Waals surface area contributed by atoms with Gasteiger partial charge in [-0.1, -0.05) is 29.8 Å². The Balaban J connectivity index is 1.26. The third-order valence-corrected chi connectivity index (χ3v) is 6.55. The van der Waals surface area contributed by atoms with Gasteiger partial charge in [0.1, 0.15) is 17.6 Å². The summed E-state index contributed by atoms with van der Waals surface area (Å²) >= 11 is 5.95. The lowest BCUT2D eigenvalue weighted by molar-refractivity contribution is -0.139. The van der Waals surface area contributed by atoms with Crippen LogP contribution < -0.4 is 10.1 Å². The van der Waals surface area contributed by atoms with Crippen molar-refractivity contribution >= 4 is 23.5 Å². The minimum Gasteiger partial charge on any atom is -0.494 e. The lowest BCUT2D eigenvalue weighted by Gasteiger charge is -2.16. The average Bonchev–Trinajstić information content (AvgIpc) is 2.88. The highest BCUT2D eigenvalue weighted by molar-refractivity contribution is 6.33. The second-order valence-corrected chi connectivity index (χ2v) is 9.31. The molecule has 0 saturated carbocycles. The van der Waals surface area contributed by atoms with Crippen molar-refractivity contribution in [2.45, 2.75) is 51.0 Å². The monoisotopic (exact) mass is 510 g/mol. The number of rotatable bonds is 10. The number of nitrogens with one attached hydrogen (secondary N) is 1. The zero-order valence-electron chi connectivity index (χ0n) is 19.8. The Hall–Kier alpha value is -3.45. The summed E-state index contributed by atoms with van der Waals surface area (Å²) < 4.78 is 19.3. The summed E-state index contributed by atoms with van der Waals surface area (Å²) in [6.45, 7) is 0.542. The zero-order chi connectivity index (χ0) is 25.5. The molecule has 1 heterocycles. The van der Waals surface area contributed by atoms with E-state index in [9.17, 15) is 19.1 Å². The highest BCUT2D eigenvalue weighted by atomic mass is 35.5. The van der Waals surface area contributed by atoms with Gasteiger partial charge in [-0.3, -0.25) is 9.78 Å². The number of aliphatic carboxylic acids is 1. The predicted molar refractivity (Wildman–Crippen MR) is 135 cm³/mol. The number of pyridine rings is 1. The van der Waals surface area contributed by atoms with Crippen molar-refractivity contribution in [3.8, 4) is 5.75 Å². The molecule has 0 bridgehead atoms. The maximum atomic E-state index is 13.5. The van der Waals surface area contributed by atoms with Gasteiger partial charge in [-0.25, -0.2) is 9.18 Å². The molecule has 4 rings (SSSR count). The molecule has 0 radical (unpaired) electrons. The van der Waals surface area contributed by atoms with Gasteiger partial charge in [0.15, 0.2) is 0 Å². The second kappa shape index (κ2) is 12.0. The van der Waals surface area contributed by atoms with E-state index in [4.69, 9.17) is 21.3 Å². The second-order valence-electron chi connectivity index (χ2n) is 8.90. The van der Waals surface area contributed by atoms with Crippen molar-refractivity contribution in [2.24, 2.45) is 0 Å². The number of fused-ring (bicyclic) bond motifs is 1. The molecule has 2 N–H and O–H groups in total. The lowest BCUT2D eigenvalue weighted by atomic mass is 9.95. The Kier molecular flexibility index (Phi) is 8.54. The van der Waals surface area contributed by atoms with Crippen LogP contribution in [0.15, 0.2) is 54.6 Å². The number of carbonyl (C=O) groups is 2. The maximum absolute atomic E-state index is 13.5. The van der Waals surface area contributed by atoms with Crippen molar-refractivity contribution in [1.82, 2.24) is 10.3 Å². The Morgan fingerprint density at radius 3 is 2.64 bits per heavy atom. The van der Waals surface area contributed by atoms with Crippen molar-refractivity contribution in [3.63, 3.8) is 0 Å². The molecule has 1 unspecified atom stereocenters. The number of aromatic nitrogens is 1. The fraction of sp³-hybridized carbons (Fsp3) is 0.321. The van der Waals surface area contributed by atoms with Crippen LogP contribution in [-0.4, -0.2) is 34.6 Å². The molecule has 3 aromatic rings. The van der Waals surface area contributed by atoms with Gasteiger partial charge in [0.25, 0.3) is 5.91 Å². The first kappa shape index (κ1) is 25.6. The van der Waals surface area contributed by atoms with Gasteiger partial charge in [0, 0.05) is 17.8 Å². The fourth-order valence-electron chi connectivity index (χ4n) is 4.27. The molecule has 1 aliphatic rings. The number of amides is 1. The first-order chi connectivity index (χ1) is 17.4. The van der Waals surface area contributed by atoms with Crippen molar-refractivity contribution in [3.05, 3.63) is 93.5 Å². The number of halogens is 2. The number of benzene rings is 2. The fourth-order valence-corrected chi connectivity index (χ4v) is 4.48. The van der Waals surface area contributed by atoms with E-state index in [1.807, 2.05) is 0 Å². The number of nitrogens with zero attached hydrogens (tertiary/aromatic N) is 1. The highest BCUT2D eigenvalue weighted by Crippen LogP contribution is 2.21. The van der Waals surface area contributed by atoms with E-state index in [0.717, 1.165) is 43.5 Å². The number of carbonyl (C=O) groups excluding carboxylic acids is 1. The summed E-state index contributed by atoms with van der Waals surface area (Å²) in [5.41, 5.74) is 4.31. The molecule has 188 valence electrons. The molecule has 1 aromatic heterocycles. The van der Waals surface area contributed by atoms with E-state index >= 15 is 0 Å². The van der Waals surface area contributed by atoms with Gasteiger partial charge in [-0.2, -0.15) is 0 Å². The molecule has 0 saturated heterocycles. The molecular formula is C28H28ClFN2O4. The minimum atomic E-state index is -1.20. The molecule has 1 atom stereocenters. The summed E-state index contributed by atoms with van der Waals surface area (Å²) in [5.74, 6) is -1.90. The van der Waals surface area contributed by atoms with Crippen LogP contribution in [0.4, 0.5) is 4.39 Å². The number of carboxylic acids is 1. The van der Waals surface area contributed by atoms with Crippen LogP contribution in [0.2, 0.25) is 5.02 Å². The van der Waals surface area contributed by atoms with E-state index in [1.54, 1.807) is 24.3 Å². The largest absolute Gasteiger partial charge is 0.494 e. The van der Waals surface area contributed by atoms with Gasteiger partial charge < -0.3 is 15.2 Å². The van der Waals surface area contributed by atoms with Gasteiger partial charge in [0.2, 0.25) is 0 Å². The number of ether oxygens (including phenoxy) is 1. The number of hydrogen-bond acceptors (Lipinski definition) is 4. The first-order valence-corrected chi connectivity index (χ1v) is 12.4. The predicted octanol–water partition coefficient (Wildman–Crippen LogP) is 5.19. The summed E-state index contributed by atoms with van der Waals surface area (Å²) in [7, 11) is 0. The normalized spacial score (nSPS) is 13.5. The third-order valence-electron chi connectivity index (χ3n) is 6.22. The lowest BCUT2D eigenvalue weighted by Crippen LogP contribution is -2.42. The number of hydrogen-bond donors (Lipinski definition) is 2. The smallest absolute Gasteiger partial charge is 0.326 e. The van der Waals surface area contributed by atoms with Crippen LogP contribution in [0.3, 0.4) is 0 Å². The molecular weight excluding hydrogens is 483 g/mol. The van der Waals surface area contributed by atoms with Gasteiger partial charge in [-0.15, -0.1) is 0 Å². The van der Waals surface area contributed by atoms with Crippen LogP contribution in [0.5, 0.6) is 5.75 Å². The zero-order valence-corrected chi connectivity index (χ0v) is 20.6. The van der Waals surface area contributed by atoms with E-state index in [0.29, 0.717) is 17.9 Å². The maximum Gasteiger partial charge on any atom is 0.326 e. The topological polar surface area (TPSA) is 88.5 Å². The Bertz CT molecular complexity index is 1230. The number of aryl methyl sites for hydroxylation is 3. The minimum absolute atomic E-state index is 0.0435. The van der Waals surface area contributed by atoms with Crippen LogP contribution in [0.25, 0.3) is 0 Å². The van der Waals surface area contributed by atoms with Crippen LogP contribution in [0, 0.1) is 5.82 Å². The van der Waals surface area contributed by atoms with E-state index < -0.39 is 23.7 Å². The SMILES string of the molecule is O=C(NC(Cc1ccc(OCCCc2ccc3c(n2)CCCC3)cc1)C(=O)O)c1cc(F)ccc1Cl. The summed E-state index contributed by atoms with van der Waals surface area (Å²) in [6, 6.07) is 13.5. The van der Waals surface area contributed by atoms with E-state index in [2.05, 4.69) is 17.4 Å². The molecule has 0 spiro atoms. The molecule has 6 nitrogen and oxygen atoms in total. The van der Waals surface area contributed by atoms with Crippen LogP contribution in [-0.2, 0) is 30.5 Å². The molecule has 1 aliphatic carbocycles. The summed E-state index contributed by atoms with van der Waals surface area (Å²) in [5, 5.41) is 12.0. The van der Waals surface area contributed by atoms with Gasteiger partial charge in [0.05, 0.1) is 17.2 Å². The third kappa shape index (κ3) is 6.82. The standard InChI is InChI=1S/C28H28ClFN2O4/c29-24-14-10-20(30)17-23(24)27(33)32-26(28(34)35)16-18-7-12-22(13-8-18)36-15-3-5-21-11-9-19-4-1-2-6-25(19)31-21/h7-14,17,26H,1-6,15-16H2,(H,32,33)(H,34,35). The number of carboxylic acid groups (broad SMARTS) is 1. The van der Waals surface area contributed by atoms with E-state index in [-0.39, 0.29) is 17.0 Å². The quantitative estimate of drug-likeness (QED) is 0.366. The molecule has 2 aromatic carbocycles. The van der Waals surface area contributed by atoms with E-state index in [1.165, 1.54) is 30.2 Å².